The molecule has 20 heavy (non-hydrogen) atoms. The number of nitrogens with zero attached hydrogens (tertiary/aromatic N) is 2. The predicted octanol–water partition coefficient (Wildman–Crippen LogP) is 3.81. The summed E-state index contributed by atoms with van der Waals surface area (Å²) in [5, 5.41) is 5.94. The zero-order chi connectivity index (χ0) is 14.1. The van der Waals surface area contributed by atoms with Crippen molar-refractivity contribution in [1.29, 1.82) is 0 Å². The van der Waals surface area contributed by atoms with E-state index in [0.29, 0.717) is 11.5 Å². The molecule has 3 heterocycles. The highest BCUT2D eigenvalue weighted by atomic mass is 32.1. The van der Waals surface area contributed by atoms with Gasteiger partial charge in [-0.05, 0) is 44.6 Å². The Morgan fingerprint density at radius 2 is 2.15 bits per heavy atom. The maximum absolute atomic E-state index is 12.6. The summed E-state index contributed by atoms with van der Waals surface area (Å²) in [6.45, 7) is 4.21. The average Bonchev–Trinajstić information content (AvgIpc) is 3.09. The van der Waals surface area contributed by atoms with Gasteiger partial charge in [-0.2, -0.15) is 0 Å². The summed E-state index contributed by atoms with van der Waals surface area (Å²) in [6, 6.07) is 6.22. The third-order valence-corrected chi connectivity index (χ3v) is 4.81. The van der Waals surface area contributed by atoms with Gasteiger partial charge in [0, 0.05) is 18.2 Å². The summed E-state index contributed by atoms with van der Waals surface area (Å²) >= 11 is 1.58. The molecule has 1 aliphatic rings. The molecule has 1 fully saturated rings. The molecule has 2 aromatic heterocycles. The highest BCUT2D eigenvalue weighted by Gasteiger charge is 2.31. The van der Waals surface area contributed by atoms with Gasteiger partial charge in [0.05, 0.1) is 4.88 Å². The third-order valence-electron chi connectivity index (χ3n) is 3.92. The van der Waals surface area contributed by atoms with Crippen LogP contribution in [0.25, 0.3) is 10.6 Å². The minimum atomic E-state index is -0.0174. The van der Waals surface area contributed by atoms with Crippen molar-refractivity contribution in [1.82, 2.24) is 10.1 Å². The van der Waals surface area contributed by atoms with E-state index in [1.165, 1.54) is 6.42 Å². The van der Waals surface area contributed by atoms with E-state index in [0.717, 1.165) is 17.7 Å². The van der Waals surface area contributed by atoms with Crippen molar-refractivity contribution in [3.63, 3.8) is 0 Å². The Morgan fingerprint density at radius 3 is 2.80 bits per heavy atom. The second-order valence-electron chi connectivity index (χ2n) is 5.40. The Hall–Kier alpha value is -1.62. The van der Waals surface area contributed by atoms with Gasteiger partial charge in [-0.1, -0.05) is 11.2 Å². The maximum Gasteiger partial charge on any atom is 0.276 e. The van der Waals surface area contributed by atoms with Crippen LogP contribution in [0.3, 0.4) is 0 Å². The Labute approximate surface area is 122 Å². The summed E-state index contributed by atoms with van der Waals surface area (Å²) in [6.07, 6.45) is 3.31. The van der Waals surface area contributed by atoms with Gasteiger partial charge in [0.2, 0.25) is 0 Å². The summed E-state index contributed by atoms with van der Waals surface area (Å²) < 4.78 is 5.30. The molecule has 4 nitrogen and oxygen atoms in total. The molecule has 0 unspecified atom stereocenters. The molecular formula is C15H18N2O2S. The van der Waals surface area contributed by atoms with Crippen molar-refractivity contribution in [2.24, 2.45) is 0 Å². The fraction of sp³-hybridized carbons (Fsp3) is 0.467. The van der Waals surface area contributed by atoms with Crippen molar-refractivity contribution in [3.05, 3.63) is 29.3 Å². The molecule has 1 aliphatic heterocycles. The van der Waals surface area contributed by atoms with E-state index in [1.54, 1.807) is 17.4 Å². The van der Waals surface area contributed by atoms with E-state index in [4.69, 9.17) is 4.52 Å². The highest BCUT2D eigenvalue weighted by molar-refractivity contribution is 7.13. The molecule has 1 amide bonds. The van der Waals surface area contributed by atoms with Crippen molar-refractivity contribution < 1.29 is 9.32 Å². The number of aromatic nitrogens is 1. The van der Waals surface area contributed by atoms with Crippen LogP contribution in [0.15, 0.2) is 28.1 Å². The Balaban J connectivity index is 1.83. The normalized spacial score (nSPS) is 23.0. The molecule has 0 radical (unpaired) electrons. The van der Waals surface area contributed by atoms with E-state index in [9.17, 15) is 4.79 Å². The van der Waals surface area contributed by atoms with Crippen LogP contribution in [-0.4, -0.2) is 28.0 Å². The molecule has 0 aromatic carbocycles. The number of piperidine rings is 1. The number of likely N-dealkylation sites (tertiary alicyclic amines) is 1. The molecule has 0 aliphatic carbocycles. The SMILES string of the molecule is C[C@@H]1CCC[C@H](C)N1C(=O)c1cc(-c2cccs2)on1. The quantitative estimate of drug-likeness (QED) is 0.845. The van der Waals surface area contributed by atoms with Crippen LogP contribution < -0.4 is 0 Å². The number of amides is 1. The lowest BCUT2D eigenvalue weighted by Crippen LogP contribution is -2.47. The van der Waals surface area contributed by atoms with Crippen molar-refractivity contribution in [2.45, 2.75) is 45.2 Å². The molecular weight excluding hydrogens is 272 g/mol. The van der Waals surface area contributed by atoms with Crippen LogP contribution in [0.2, 0.25) is 0 Å². The Kier molecular flexibility index (Phi) is 3.61. The van der Waals surface area contributed by atoms with Gasteiger partial charge < -0.3 is 9.42 Å². The second kappa shape index (κ2) is 5.40. The number of carbonyl (C=O) groups excluding carboxylic acids is 1. The molecule has 3 rings (SSSR count). The molecule has 106 valence electrons. The zero-order valence-corrected chi connectivity index (χ0v) is 12.5. The molecule has 0 bridgehead atoms. The van der Waals surface area contributed by atoms with Crippen LogP contribution in [0.1, 0.15) is 43.6 Å². The summed E-state index contributed by atoms with van der Waals surface area (Å²) in [5.74, 6) is 0.650. The van der Waals surface area contributed by atoms with Gasteiger partial charge in [-0.15, -0.1) is 11.3 Å². The molecule has 0 N–H and O–H groups in total. The van der Waals surface area contributed by atoms with Gasteiger partial charge in [-0.3, -0.25) is 4.79 Å². The van der Waals surface area contributed by atoms with Crippen molar-refractivity contribution >= 4 is 17.2 Å². The zero-order valence-electron chi connectivity index (χ0n) is 11.7. The number of hydrogen-bond donors (Lipinski definition) is 0. The number of hydrogen-bond acceptors (Lipinski definition) is 4. The molecule has 2 aromatic rings. The summed E-state index contributed by atoms with van der Waals surface area (Å²) in [4.78, 5) is 15.6. The molecule has 5 heteroatoms. The first-order valence-electron chi connectivity index (χ1n) is 7.00. The fourth-order valence-corrected chi connectivity index (χ4v) is 3.54. The third kappa shape index (κ3) is 2.38. The topological polar surface area (TPSA) is 46.3 Å². The number of thiophene rings is 1. The minimum absolute atomic E-state index is 0.0174. The standard InChI is InChI=1S/C15H18N2O2S/c1-10-5-3-6-11(2)17(10)15(18)12-9-13(19-16-12)14-7-4-8-20-14/h4,7-11H,3,5-6H2,1-2H3/t10-,11+. The largest absolute Gasteiger partial charge is 0.355 e. The lowest BCUT2D eigenvalue weighted by molar-refractivity contribution is 0.0500. The smallest absolute Gasteiger partial charge is 0.276 e. The second-order valence-corrected chi connectivity index (χ2v) is 6.34. The maximum atomic E-state index is 12.6. The van der Waals surface area contributed by atoms with E-state index in [1.807, 2.05) is 22.4 Å². The van der Waals surface area contributed by atoms with Gasteiger partial charge in [-0.25, -0.2) is 0 Å². The van der Waals surface area contributed by atoms with Crippen molar-refractivity contribution in [2.75, 3.05) is 0 Å². The van der Waals surface area contributed by atoms with Crippen LogP contribution in [-0.2, 0) is 0 Å². The first kappa shape index (κ1) is 13.4. The van der Waals surface area contributed by atoms with Gasteiger partial charge >= 0.3 is 0 Å². The lowest BCUT2D eigenvalue weighted by atomic mass is 9.97. The fourth-order valence-electron chi connectivity index (χ4n) is 2.86. The van der Waals surface area contributed by atoms with Gasteiger partial charge in [0.1, 0.15) is 0 Å². The Morgan fingerprint density at radius 1 is 1.40 bits per heavy atom. The first-order chi connectivity index (χ1) is 9.66. The predicted molar refractivity (Wildman–Crippen MR) is 78.8 cm³/mol. The lowest BCUT2D eigenvalue weighted by Gasteiger charge is -2.38. The average molecular weight is 290 g/mol. The number of rotatable bonds is 2. The highest BCUT2D eigenvalue weighted by Crippen LogP contribution is 2.28. The van der Waals surface area contributed by atoms with Gasteiger partial charge in [0.25, 0.3) is 5.91 Å². The minimum Gasteiger partial charge on any atom is -0.355 e. The first-order valence-corrected chi connectivity index (χ1v) is 7.88. The van der Waals surface area contributed by atoms with E-state index in [2.05, 4.69) is 19.0 Å². The van der Waals surface area contributed by atoms with E-state index in [-0.39, 0.29) is 18.0 Å². The molecule has 0 spiro atoms. The molecule has 2 atom stereocenters. The van der Waals surface area contributed by atoms with Crippen LogP contribution in [0.5, 0.6) is 0 Å². The van der Waals surface area contributed by atoms with E-state index < -0.39 is 0 Å². The molecule has 0 saturated carbocycles. The Bertz CT molecular complexity index is 581. The van der Waals surface area contributed by atoms with Gasteiger partial charge in [0.15, 0.2) is 11.5 Å². The molecule has 1 saturated heterocycles. The summed E-state index contributed by atoms with van der Waals surface area (Å²) in [7, 11) is 0. The van der Waals surface area contributed by atoms with Crippen LogP contribution in [0, 0.1) is 0 Å². The van der Waals surface area contributed by atoms with Crippen LogP contribution in [0.4, 0.5) is 0 Å². The van der Waals surface area contributed by atoms with E-state index >= 15 is 0 Å². The van der Waals surface area contributed by atoms with Crippen molar-refractivity contribution in [3.8, 4) is 10.6 Å². The summed E-state index contributed by atoms with van der Waals surface area (Å²) in [5.41, 5.74) is 0.411. The number of carbonyl (C=O) groups is 1. The monoisotopic (exact) mass is 290 g/mol. The van der Waals surface area contributed by atoms with Crippen LogP contribution >= 0.6 is 11.3 Å².